The molecule has 19 nitrogen and oxygen atoms in total. The number of aliphatic hydroxyl groups excluding tert-OH is 2. The maximum atomic E-state index is 12.8. The molecule has 0 bridgehead atoms. The van der Waals surface area contributed by atoms with Crippen LogP contribution in [-0.2, 0) is 39.8 Å². The zero-order valence-corrected chi connectivity index (χ0v) is 23.7. The van der Waals surface area contributed by atoms with Gasteiger partial charge in [0.05, 0.1) is 18.7 Å². The number of ether oxygens (including phenoxy) is 6. The Morgan fingerprint density at radius 1 is 1.02 bits per heavy atom. The minimum absolute atomic E-state index is 0.104. The van der Waals surface area contributed by atoms with E-state index in [0.29, 0.717) is 0 Å². The number of aromatic amines is 2. The Bertz CT molecular complexity index is 1640. The van der Waals surface area contributed by atoms with E-state index < -0.39 is 103 Å². The number of hydrogen-bond acceptors (Lipinski definition) is 14. The fourth-order valence-corrected chi connectivity index (χ4v) is 5.24. The molecule has 0 radical (unpaired) electrons. The van der Waals surface area contributed by atoms with Crippen LogP contribution in [0.5, 0.6) is 0 Å². The molecule has 5 N–H and O–H groups in total. The molecular weight excluding hydrogens is 594 g/mol. The van der Waals surface area contributed by atoms with E-state index in [9.17, 15) is 39.0 Å². The Balaban J connectivity index is 1.32. The summed E-state index contributed by atoms with van der Waals surface area (Å²) < 4.78 is 35.5. The molecule has 3 fully saturated rings. The number of hydrogen-bond donors (Lipinski definition) is 5. The van der Waals surface area contributed by atoms with E-state index in [1.807, 2.05) is 4.98 Å². The molecule has 8 atom stereocenters. The van der Waals surface area contributed by atoms with Gasteiger partial charge in [0.25, 0.3) is 11.1 Å². The molecule has 44 heavy (non-hydrogen) atoms. The van der Waals surface area contributed by atoms with Gasteiger partial charge in [-0.15, -0.1) is 0 Å². The smallest absolute Gasteiger partial charge is 0.407 e. The molecule has 5 heterocycles. The largest absolute Gasteiger partial charge is 0.463 e. The van der Waals surface area contributed by atoms with Gasteiger partial charge in [0.1, 0.15) is 37.1 Å². The number of H-pyrrole nitrogens is 2. The average molecular weight is 626 g/mol. The number of fused-ring (bicyclic) bond motifs is 1. The lowest BCUT2D eigenvalue weighted by Crippen LogP contribution is -2.43. The number of amides is 1. The van der Waals surface area contributed by atoms with Crippen molar-refractivity contribution in [3.63, 3.8) is 0 Å². The van der Waals surface area contributed by atoms with Gasteiger partial charge in [-0.1, -0.05) is 0 Å². The van der Waals surface area contributed by atoms with Gasteiger partial charge in [0.2, 0.25) is 0 Å². The van der Waals surface area contributed by atoms with Crippen molar-refractivity contribution >= 4 is 12.1 Å². The summed E-state index contributed by atoms with van der Waals surface area (Å²) in [5, 5.41) is 22.4. The monoisotopic (exact) mass is 625 g/mol. The molecule has 240 valence electrons. The summed E-state index contributed by atoms with van der Waals surface area (Å²) in [5.74, 6) is -1.60. The predicted octanol–water partition coefficient (Wildman–Crippen LogP) is -3.09. The van der Waals surface area contributed by atoms with Gasteiger partial charge in [-0.25, -0.2) is 14.4 Å². The molecule has 0 spiro atoms. The van der Waals surface area contributed by atoms with Crippen molar-refractivity contribution in [2.45, 2.75) is 82.2 Å². The van der Waals surface area contributed by atoms with Crippen molar-refractivity contribution in [3.05, 3.63) is 65.7 Å². The summed E-state index contributed by atoms with van der Waals surface area (Å²) in [6.45, 7) is 3.24. The van der Waals surface area contributed by atoms with Gasteiger partial charge in [-0.05, 0) is 13.8 Å². The molecule has 1 amide bonds. The summed E-state index contributed by atoms with van der Waals surface area (Å²) in [6, 6.07) is 1.01. The van der Waals surface area contributed by atoms with Crippen molar-refractivity contribution in [2.75, 3.05) is 13.2 Å². The number of alkyl carbamates (subject to hydrolysis) is 1. The summed E-state index contributed by atoms with van der Waals surface area (Å²) in [4.78, 5) is 77.4. The second-order valence-electron chi connectivity index (χ2n) is 10.7. The van der Waals surface area contributed by atoms with Crippen LogP contribution in [-0.4, -0.2) is 97.0 Å². The minimum Gasteiger partial charge on any atom is -0.463 e. The first-order valence-electron chi connectivity index (χ1n) is 13.5. The van der Waals surface area contributed by atoms with Crippen LogP contribution >= 0.6 is 0 Å². The fraction of sp³-hybridized carbons (Fsp3) is 0.600. The lowest BCUT2D eigenvalue weighted by molar-refractivity contribution is -0.202. The third-order valence-corrected chi connectivity index (χ3v) is 7.18. The first-order valence-corrected chi connectivity index (χ1v) is 13.5. The lowest BCUT2D eigenvalue weighted by Gasteiger charge is -2.25. The minimum atomic E-state index is -1.56. The molecule has 0 saturated carbocycles. The van der Waals surface area contributed by atoms with Crippen molar-refractivity contribution < 1.29 is 48.2 Å². The summed E-state index contributed by atoms with van der Waals surface area (Å²) in [5.41, 5.74) is -3.39. The van der Waals surface area contributed by atoms with Crippen LogP contribution in [0.25, 0.3) is 0 Å². The molecule has 19 heteroatoms. The number of aliphatic hydroxyl groups is 2. The zero-order valence-electron chi connectivity index (χ0n) is 23.7. The highest BCUT2D eigenvalue weighted by atomic mass is 16.8. The SMILES string of the molecule is CC(=O)OC[C@H]1O[C@@H](n2cc(CNC(=O)O[C@@H]3[C@H](O)[C@@H](CO)O[C@H]3n3ccc(=O)[nH]c3=O)c(=O)[nH]c2=O)[C@@H]2OC(C)(C)O[C@@H]21. The van der Waals surface area contributed by atoms with E-state index in [4.69, 9.17) is 28.4 Å². The molecule has 0 aromatic carbocycles. The molecule has 3 aliphatic rings. The maximum Gasteiger partial charge on any atom is 0.407 e. The Kier molecular flexibility index (Phi) is 8.60. The highest BCUT2D eigenvalue weighted by Crippen LogP contribution is 2.42. The van der Waals surface area contributed by atoms with E-state index in [1.165, 1.54) is 6.92 Å². The molecule has 2 aromatic heterocycles. The number of carbonyl (C=O) groups is 2. The van der Waals surface area contributed by atoms with Crippen LogP contribution in [0.2, 0.25) is 0 Å². The van der Waals surface area contributed by atoms with Crippen molar-refractivity contribution in [1.29, 1.82) is 0 Å². The number of nitrogens with zero attached hydrogens (tertiary/aromatic N) is 2. The number of rotatable bonds is 8. The normalized spacial score (nSPS) is 30.6. The second kappa shape index (κ2) is 12.1. The molecule has 0 unspecified atom stereocenters. The van der Waals surface area contributed by atoms with Crippen LogP contribution < -0.4 is 27.8 Å². The average Bonchev–Trinajstić information content (AvgIpc) is 3.55. The zero-order chi connectivity index (χ0) is 31.9. The number of nitrogens with one attached hydrogen (secondary N) is 3. The van der Waals surface area contributed by atoms with Crippen LogP contribution in [0.1, 0.15) is 38.8 Å². The number of esters is 1. The Hall–Kier alpha value is -4.14. The molecule has 3 aliphatic heterocycles. The summed E-state index contributed by atoms with van der Waals surface area (Å²) in [6.07, 6.45) is -8.06. The molecule has 5 rings (SSSR count). The van der Waals surface area contributed by atoms with Crippen LogP contribution in [0.4, 0.5) is 4.79 Å². The lowest BCUT2D eigenvalue weighted by atomic mass is 10.1. The van der Waals surface area contributed by atoms with Crippen molar-refractivity contribution in [1.82, 2.24) is 24.4 Å². The highest BCUT2D eigenvalue weighted by molar-refractivity contribution is 5.67. The van der Waals surface area contributed by atoms with Crippen LogP contribution in [0.15, 0.2) is 37.6 Å². The fourth-order valence-electron chi connectivity index (χ4n) is 5.24. The van der Waals surface area contributed by atoms with Crippen molar-refractivity contribution in [3.8, 4) is 0 Å². The van der Waals surface area contributed by atoms with Gasteiger partial charge < -0.3 is 44.0 Å². The third kappa shape index (κ3) is 6.23. The topological polar surface area (TPSA) is 252 Å². The molecule has 3 saturated heterocycles. The van der Waals surface area contributed by atoms with Crippen LogP contribution in [0.3, 0.4) is 0 Å². The Labute approximate surface area is 246 Å². The van der Waals surface area contributed by atoms with Gasteiger partial charge in [-0.2, -0.15) is 0 Å². The molecule has 2 aromatic rings. The summed E-state index contributed by atoms with van der Waals surface area (Å²) in [7, 11) is 0. The first kappa shape index (κ1) is 31.3. The number of carbonyl (C=O) groups excluding carboxylic acids is 2. The van der Waals surface area contributed by atoms with E-state index in [-0.39, 0.29) is 12.2 Å². The van der Waals surface area contributed by atoms with Crippen LogP contribution in [0, 0.1) is 0 Å². The standard InChI is InChI=1S/C25H31N5O14/c1-10(32)39-9-13-16-18(44-25(2,3)43-16)21(41-13)30-7-11(19(35)28-23(30)37)6-26-24(38)42-17-15(34)12(8-31)40-20(17)29-5-4-14(33)27-22(29)36/h4-5,7,12-13,15-18,20-21,31,34H,6,8-9H2,1-3H3,(H,26,38)(H,27,33,36)(H,28,35,37)/t12-,13-,15-,16-,17-,18-,20-,21-/m1/s1. The van der Waals surface area contributed by atoms with Gasteiger partial charge in [-0.3, -0.25) is 33.5 Å². The van der Waals surface area contributed by atoms with Gasteiger partial charge in [0, 0.05) is 25.4 Å². The molecular formula is C25H31N5O14. The highest BCUT2D eigenvalue weighted by Gasteiger charge is 2.56. The Morgan fingerprint density at radius 3 is 2.39 bits per heavy atom. The van der Waals surface area contributed by atoms with E-state index in [1.54, 1.807) is 13.8 Å². The van der Waals surface area contributed by atoms with Gasteiger partial charge >= 0.3 is 23.4 Å². The Morgan fingerprint density at radius 2 is 1.70 bits per heavy atom. The van der Waals surface area contributed by atoms with Gasteiger partial charge in [0.15, 0.2) is 24.3 Å². The molecule has 0 aliphatic carbocycles. The predicted molar refractivity (Wildman–Crippen MR) is 141 cm³/mol. The quantitative estimate of drug-likeness (QED) is 0.182. The second-order valence-corrected chi connectivity index (χ2v) is 10.7. The van der Waals surface area contributed by atoms with E-state index in [2.05, 4.69) is 10.3 Å². The van der Waals surface area contributed by atoms with E-state index >= 15 is 0 Å². The third-order valence-electron chi connectivity index (χ3n) is 7.18. The van der Waals surface area contributed by atoms with Crippen molar-refractivity contribution in [2.24, 2.45) is 0 Å². The first-order chi connectivity index (χ1) is 20.8. The summed E-state index contributed by atoms with van der Waals surface area (Å²) >= 11 is 0. The number of aromatic nitrogens is 4. The van der Waals surface area contributed by atoms with E-state index in [0.717, 1.165) is 27.6 Å². The maximum absolute atomic E-state index is 12.8.